The molecule has 1 aliphatic heterocycles. The SMILES string of the molecule is COc1ccc(/C=C2\N=C(SCC(=O)N[C@@H](C)c3ccccc3)N(c3cc(C)cc(C)c3)C2=O)cc1. The molecule has 0 saturated carbocycles. The Balaban J connectivity index is 1.57. The van der Waals surface area contributed by atoms with Gasteiger partial charge in [-0.1, -0.05) is 60.3 Å². The van der Waals surface area contributed by atoms with E-state index >= 15 is 0 Å². The number of carbonyl (C=O) groups is 2. The molecule has 0 spiro atoms. The van der Waals surface area contributed by atoms with Crippen molar-refractivity contribution in [2.45, 2.75) is 26.8 Å². The zero-order valence-corrected chi connectivity index (χ0v) is 21.6. The minimum absolute atomic E-state index is 0.118. The van der Waals surface area contributed by atoms with E-state index in [0.717, 1.165) is 33.7 Å². The smallest absolute Gasteiger partial charge is 0.283 e. The molecule has 1 N–H and O–H groups in total. The van der Waals surface area contributed by atoms with Crippen LogP contribution in [-0.4, -0.2) is 29.8 Å². The molecule has 0 unspecified atom stereocenters. The van der Waals surface area contributed by atoms with Crippen molar-refractivity contribution in [2.24, 2.45) is 4.99 Å². The van der Waals surface area contributed by atoms with Crippen LogP contribution in [-0.2, 0) is 9.59 Å². The minimum atomic E-state index is -0.226. The van der Waals surface area contributed by atoms with Crippen LogP contribution in [0.15, 0.2) is 83.5 Å². The van der Waals surface area contributed by atoms with Crippen LogP contribution in [0.1, 0.15) is 35.2 Å². The zero-order valence-electron chi connectivity index (χ0n) is 20.8. The number of methoxy groups -OCH3 is 1. The van der Waals surface area contributed by atoms with Crippen molar-refractivity contribution in [2.75, 3.05) is 17.8 Å². The highest BCUT2D eigenvalue weighted by Crippen LogP contribution is 2.31. The van der Waals surface area contributed by atoms with Gasteiger partial charge in [-0.05, 0) is 73.4 Å². The summed E-state index contributed by atoms with van der Waals surface area (Å²) in [5.41, 5.74) is 5.02. The maximum atomic E-state index is 13.5. The highest BCUT2D eigenvalue weighted by atomic mass is 32.2. The van der Waals surface area contributed by atoms with Crippen LogP contribution in [0.4, 0.5) is 5.69 Å². The predicted molar refractivity (Wildman–Crippen MR) is 147 cm³/mol. The second-order valence-electron chi connectivity index (χ2n) is 8.67. The van der Waals surface area contributed by atoms with Gasteiger partial charge < -0.3 is 10.1 Å². The maximum Gasteiger partial charge on any atom is 0.283 e. The number of nitrogens with one attached hydrogen (secondary N) is 1. The van der Waals surface area contributed by atoms with Crippen molar-refractivity contribution in [3.63, 3.8) is 0 Å². The van der Waals surface area contributed by atoms with Crippen LogP contribution >= 0.6 is 11.8 Å². The number of nitrogens with zero attached hydrogens (tertiary/aromatic N) is 2. The Morgan fingerprint density at radius 2 is 1.72 bits per heavy atom. The molecule has 1 atom stereocenters. The van der Waals surface area contributed by atoms with Gasteiger partial charge in [-0.25, -0.2) is 4.99 Å². The van der Waals surface area contributed by atoms with E-state index < -0.39 is 0 Å². The lowest BCUT2D eigenvalue weighted by atomic mass is 10.1. The summed E-state index contributed by atoms with van der Waals surface area (Å²) < 4.78 is 5.22. The van der Waals surface area contributed by atoms with Gasteiger partial charge in [-0.15, -0.1) is 0 Å². The van der Waals surface area contributed by atoms with Gasteiger partial charge in [0.15, 0.2) is 5.17 Å². The number of carbonyl (C=O) groups excluding carboxylic acids is 2. The van der Waals surface area contributed by atoms with E-state index in [9.17, 15) is 9.59 Å². The van der Waals surface area contributed by atoms with Crippen LogP contribution < -0.4 is 15.0 Å². The summed E-state index contributed by atoms with van der Waals surface area (Å²) in [6.45, 7) is 5.94. The number of aryl methyl sites for hydroxylation is 2. The van der Waals surface area contributed by atoms with Gasteiger partial charge in [0.1, 0.15) is 11.4 Å². The molecule has 0 radical (unpaired) electrons. The number of rotatable bonds is 7. The molecule has 4 rings (SSSR count). The van der Waals surface area contributed by atoms with Gasteiger partial charge >= 0.3 is 0 Å². The Labute approximate surface area is 216 Å². The van der Waals surface area contributed by atoms with E-state index in [-0.39, 0.29) is 23.6 Å². The van der Waals surface area contributed by atoms with Crippen molar-refractivity contribution in [3.8, 4) is 5.75 Å². The summed E-state index contributed by atoms with van der Waals surface area (Å²) in [5.74, 6) is 0.526. The summed E-state index contributed by atoms with van der Waals surface area (Å²) >= 11 is 1.25. The molecule has 0 bridgehead atoms. The Bertz CT molecular complexity index is 1300. The number of hydrogen-bond acceptors (Lipinski definition) is 5. The predicted octanol–water partition coefficient (Wildman–Crippen LogP) is 5.67. The fourth-order valence-corrected chi connectivity index (χ4v) is 4.82. The number of benzene rings is 3. The summed E-state index contributed by atoms with van der Waals surface area (Å²) in [6.07, 6.45) is 1.75. The summed E-state index contributed by atoms with van der Waals surface area (Å²) in [4.78, 5) is 32.4. The van der Waals surface area contributed by atoms with E-state index in [2.05, 4.69) is 16.4 Å². The Hall–Kier alpha value is -3.84. The highest BCUT2D eigenvalue weighted by Gasteiger charge is 2.32. The molecule has 0 fully saturated rings. The quantitative estimate of drug-likeness (QED) is 0.426. The number of amidine groups is 1. The lowest BCUT2D eigenvalue weighted by Crippen LogP contribution is -2.33. The molecule has 0 aliphatic carbocycles. The second-order valence-corrected chi connectivity index (χ2v) is 9.61. The fourth-order valence-electron chi connectivity index (χ4n) is 4.00. The number of amides is 2. The van der Waals surface area contributed by atoms with Gasteiger partial charge in [-0.3, -0.25) is 14.5 Å². The molecule has 36 heavy (non-hydrogen) atoms. The van der Waals surface area contributed by atoms with E-state index in [0.29, 0.717) is 10.9 Å². The largest absolute Gasteiger partial charge is 0.497 e. The highest BCUT2D eigenvalue weighted by molar-refractivity contribution is 8.14. The summed E-state index contributed by atoms with van der Waals surface area (Å²) in [5, 5.41) is 3.50. The minimum Gasteiger partial charge on any atom is -0.497 e. The van der Waals surface area contributed by atoms with Crippen LogP contribution in [0.25, 0.3) is 6.08 Å². The first-order valence-electron chi connectivity index (χ1n) is 11.7. The molecular formula is C29H29N3O3S. The van der Waals surface area contributed by atoms with E-state index in [1.807, 2.05) is 87.5 Å². The Kier molecular flexibility index (Phi) is 7.90. The fraction of sp³-hybridized carbons (Fsp3) is 0.207. The lowest BCUT2D eigenvalue weighted by molar-refractivity contribution is -0.119. The second kappa shape index (κ2) is 11.3. The van der Waals surface area contributed by atoms with Gasteiger partial charge in [0.05, 0.1) is 24.6 Å². The summed E-state index contributed by atoms with van der Waals surface area (Å²) in [7, 11) is 1.61. The average Bonchev–Trinajstić information content (AvgIpc) is 3.17. The molecule has 3 aromatic carbocycles. The first-order valence-corrected chi connectivity index (χ1v) is 12.7. The Morgan fingerprint density at radius 3 is 2.36 bits per heavy atom. The molecule has 3 aromatic rings. The Morgan fingerprint density at radius 1 is 1.06 bits per heavy atom. The van der Waals surface area contributed by atoms with Crippen molar-refractivity contribution in [1.82, 2.24) is 5.32 Å². The molecule has 2 amide bonds. The van der Waals surface area contributed by atoms with Gasteiger partial charge in [-0.2, -0.15) is 0 Å². The number of ether oxygens (including phenoxy) is 1. The molecule has 6 nitrogen and oxygen atoms in total. The molecule has 0 aromatic heterocycles. The number of hydrogen-bond donors (Lipinski definition) is 1. The van der Waals surface area contributed by atoms with E-state index in [1.165, 1.54) is 11.8 Å². The number of thioether (sulfide) groups is 1. The normalized spacial score (nSPS) is 15.1. The molecular weight excluding hydrogens is 470 g/mol. The average molecular weight is 500 g/mol. The van der Waals surface area contributed by atoms with Crippen molar-refractivity contribution < 1.29 is 14.3 Å². The standard InChI is InChI=1S/C29H29N3O3S/c1-19-14-20(2)16-24(15-19)32-28(34)26(17-22-10-12-25(35-4)13-11-22)31-29(32)36-18-27(33)30-21(3)23-8-6-5-7-9-23/h5-17,21H,18H2,1-4H3,(H,30,33)/b26-17-/t21-/m0/s1. The first-order chi connectivity index (χ1) is 17.3. The van der Waals surface area contributed by atoms with Crippen LogP contribution in [0.3, 0.4) is 0 Å². The third-order valence-corrected chi connectivity index (χ3v) is 6.66. The number of anilines is 1. The zero-order chi connectivity index (χ0) is 25.7. The van der Waals surface area contributed by atoms with Crippen molar-refractivity contribution in [3.05, 3.63) is 101 Å². The van der Waals surface area contributed by atoms with Crippen LogP contribution in [0.5, 0.6) is 5.75 Å². The van der Waals surface area contributed by atoms with E-state index in [4.69, 9.17) is 4.74 Å². The van der Waals surface area contributed by atoms with Crippen molar-refractivity contribution >= 4 is 40.5 Å². The van der Waals surface area contributed by atoms with Crippen LogP contribution in [0.2, 0.25) is 0 Å². The third kappa shape index (κ3) is 6.04. The molecule has 184 valence electrons. The third-order valence-electron chi connectivity index (χ3n) is 5.72. The maximum absolute atomic E-state index is 13.5. The molecule has 1 aliphatic rings. The topological polar surface area (TPSA) is 71.0 Å². The van der Waals surface area contributed by atoms with Gasteiger partial charge in [0, 0.05) is 0 Å². The van der Waals surface area contributed by atoms with Crippen LogP contribution in [0, 0.1) is 13.8 Å². The van der Waals surface area contributed by atoms with Crippen molar-refractivity contribution in [1.29, 1.82) is 0 Å². The van der Waals surface area contributed by atoms with E-state index in [1.54, 1.807) is 18.1 Å². The molecule has 0 saturated heterocycles. The summed E-state index contributed by atoms with van der Waals surface area (Å²) in [6, 6.07) is 23.1. The molecule has 7 heteroatoms. The lowest BCUT2D eigenvalue weighted by Gasteiger charge is -2.19. The number of aliphatic imine (C=N–C) groups is 1. The van der Waals surface area contributed by atoms with Gasteiger partial charge in [0.2, 0.25) is 5.91 Å². The van der Waals surface area contributed by atoms with Gasteiger partial charge in [0.25, 0.3) is 5.91 Å². The monoisotopic (exact) mass is 499 g/mol. The molecule has 1 heterocycles. The first kappa shape index (κ1) is 25.3.